The number of allylic oxidation sites excluding steroid dienone is 3. The smallest absolute Gasteiger partial charge is 0.157 e. The van der Waals surface area contributed by atoms with E-state index in [2.05, 4.69) is 31.9 Å². The van der Waals surface area contributed by atoms with Crippen molar-refractivity contribution in [2.24, 2.45) is 0 Å². The number of ether oxygens (including phenoxy) is 2. The minimum Gasteiger partial charge on any atom is -0.380 e. The van der Waals surface area contributed by atoms with E-state index in [0.29, 0.717) is 13.0 Å². The van der Waals surface area contributed by atoms with Gasteiger partial charge in [0.05, 0.1) is 6.61 Å². The van der Waals surface area contributed by atoms with Crippen molar-refractivity contribution in [3.05, 3.63) is 23.3 Å². The molecule has 1 aliphatic rings. The normalized spacial score (nSPS) is 21.5. The molecule has 22 heavy (non-hydrogen) atoms. The minimum absolute atomic E-state index is 0.0116. The van der Waals surface area contributed by atoms with Crippen LogP contribution in [0.5, 0.6) is 0 Å². The van der Waals surface area contributed by atoms with Crippen LogP contribution in [0.25, 0.3) is 0 Å². The van der Waals surface area contributed by atoms with Crippen molar-refractivity contribution in [1.29, 1.82) is 0 Å². The molecule has 0 radical (unpaired) electrons. The first-order valence-corrected chi connectivity index (χ1v) is 8.30. The lowest BCUT2D eigenvalue weighted by Crippen LogP contribution is -2.22. The van der Waals surface area contributed by atoms with Gasteiger partial charge in [-0.2, -0.15) is 0 Å². The third kappa shape index (κ3) is 9.04. The standard InChI is InChI=1S/C19H30O3/c1-4-18(20)12-11-16(2)8-7-9-17(3)13-15-22-19-10-5-6-14-21-19/h1,8,13,18-20H,5-7,9-12,14-15H2,2-3H3. The van der Waals surface area contributed by atoms with Crippen LogP contribution in [0.4, 0.5) is 0 Å². The highest BCUT2D eigenvalue weighted by atomic mass is 16.7. The summed E-state index contributed by atoms with van der Waals surface area (Å²) in [5.74, 6) is 2.34. The Kier molecular flexibility index (Phi) is 9.90. The highest BCUT2D eigenvalue weighted by Gasteiger charge is 2.12. The lowest BCUT2D eigenvalue weighted by molar-refractivity contribution is -0.155. The van der Waals surface area contributed by atoms with Crippen molar-refractivity contribution in [1.82, 2.24) is 0 Å². The number of rotatable bonds is 9. The second-order valence-corrected chi connectivity index (χ2v) is 5.99. The van der Waals surface area contributed by atoms with Crippen molar-refractivity contribution in [3.8, 4) is 12.3 Å². The number of hydrogen-bond donors (Lipinski definition) is 1. The zero-order valence-electron chi connectivity index (χ0n) is 14.0. The van der Waals surface area contributed by atoms with Crippen molar-refractivity contribution in [2.75, 3.05) is 13.2 Å². The molecule has 3 heteroatoms. The predicted octanol–water partition coefficient (Wildman–Crippen LogP) is 3.98. The molecule has 1 aliphatic heterocycles. The Bertz CT molecular complexity index is 397. The Morgan fingerprint density at radius 1 is 1.32 bits per heavy atom. The minimum atomic E-state index is -0.621. The maximum absolute atomic E-state index is 9.33. The molecular formula is C19H30O3. The highest BCUT2D eigenvalue weighted by Crippen LogP contribution is 2.14. The third-order valence-corrected chi connectivity index (χ3v) is 3.89. The second-order valence-electron chi connectivity index (χ2n) is 5.99. The van der Waals surface area contributed by atoms with Gasteiger partial charge in [0.15, 0.2) is 6.29 Å². The first-order valence-electron chi connectivity index (χ1n) is 8.30. The van der Waals surface area contributed by atoms with E-state index in [9.17, 15) is 5.11 Å². The first kappa shape index (κ1) is 19.0. The van der Waals surface area contributed by atoms with Gasteiger partial charge < -0.3 is 14.6 Å². The third-order valence-electron chi connectivity index (χ3n) is 3.89. The fraction of sp³-hybridized carbons (Fsp3) is 0.684. The van der Waals surface area contributed by atoms with Crippen LogP contribution in [0.1, 0.15) is 58.8 Å². The van der Waals surface area contributed by atoms with Crippen LogP contribution in [0.3, 0.4) is 0 Å². The van der Waals surface area contributed by atoms with E-state index >= 15 is 0 Å². The van der Waals surface area contributed by atoms with Gasteiger partial charge in [0.1, 0.15) is 6.10 Å². The topological polar surface area (TPSA) is 38.7 Å². The first-order chi connectivity index (χ1) is 10.6. The van der Waals surface area contributed by atoms with Crippen LogP contribution in [-0.2, 0) is 9.47 Å². The highest BCUT2D eigenvalue weighted by molar-refractivity contribution is 5.05. The molecule has 1 heterocycles. The van der Waals surface area contributed by atoms with E-state index in [1.54, 1.807) is 0 Å². The van der Waals surface area contributed by atoms with Crippen LogP contribution >= 0.6 is 0 Å². The number of hydrogen-bond acceptors (Lipinski definition) is 3. The zero-order valence-corrected chi connectivity index (χ0v) is 14.0. The molecule has 0 bridgehead atoms. The van der Waals surface area contributed by atoms with E-state index in [1.807, 2.05) is 0 Å². The van der Waals surface area contributed by atoms with Gasteiger partial charge in [0, 0.05) is 6.61 Å². The van der Waals surface area contributed by atoms with Gasteiger partial charge in [0.25, 0.3) is 0 Å². The van der Waals surface area contributed by atoms with Gasteiger partial charge >= 0.3 is 0 Å². The monoisotopic (exact) mass is 306 g/mol. The number of aliphatic hydroxyl groups excluding tert-OH is 1. The van der Waals surface area contributed by atoms with Gasteiger partial charge in [-0.15, -0.1) is 6.42 Å². The molecule has 2 atom stereocenters. The molecule has 3 nitrogen and oxygen atoms in total. The predicted molar refractivity (Wildman–Crippen MR) is 90.4 cm³/mol. The van der Waals surface area contributed by atoms with Crippen molar-refractivity contribution < 1.29 is 14.6 Å². The maximum atomic E-state index is 9.33. The summed E-state index contributed by atoms with van der Waals surface area (Å²) in [6.07, 6.45) is 15.8. The largest absolute Gasteiger partial charge is 0.380 e. The summed E-state index contributed by atoms with van der Waals surface area (Å²) >= 11 is 0. The Morgan fingerprint density at radius 2 is 2.09 bits per heavy atom. The molecule has 1 fully saturated rings. The fourth-order valence-corrected chi connectivity index (χ4v) is 2.34. The van der Waals surface area contributed by atoms with Crippen molar-refractivity contribution >= 4 is 0 Å². The summed E-state index contributed by atoms with van der Waals surface area (Å²) in [5.41, 5.74) is 2.62. The second kappa shape index (κ2) is 11.5. The molecule has 0 saturated carbocycles. The summed E-state index contributed by atoms with van der Waals surface area (Å²) in [5, 5.41) is 9.33. The average Bonchev–Trinajstić information content (AvgIpc) is 2.53. The van der Waals surface area contributed by atoms with E-state index in [1.165, 1.54) is 17.6 Å². The van der Waals surface area contributed by atoms with Gasteiger partial charge in [-0.05, 0) is 58.8 Å². The number of terminal acetylenes is 1. The molecule has 0 spiro atoms. The molecule has 1 N–H and O–H groups in total. The summed E-state index contributed by atoms with van der Waals surface area (Å²) in [6, 6.07) is 0. The Labute approximate surface area is 135 Å². The quantitative estimate of drug-likeness (QED) is 0.517. The molecule has 0 amide bonds. The van der Waals surface area contributed by atoms with Gasteiger partial charge in [-0.1, -0.05) is 29.2 Å². The molecule has 0 aromatic carbocycles. The van der Waals surface area contributed by atoms with Crippen molar-refractivity contribution in [3.63, 3.8) is 0 Å². The summed E-state index contributed by atoms with van der Waals surface area (Å²) < 4.78 is 11.2. The Balaban J connectivity index is 2.14. The lowest BCUT2D eigenvalue weighted by atomic mass is 10.1. The van der Waals surface area contributed by atoms with E-state index in [0.717, 1.165) is 38.7 Å². The molecule has 124 valence electrons. The summed E-state index contributed by atoms with van der Waals surface area (Å²) in [4.78, 5) is 0. The van der Waals surface area contributed by atoms with Gasteiger partial charge in [-0.3, -0.25) is 0 Å². The molecule has 0 aromatic rings. The molecule has 0 aromatic heterocycles. The summed E-state index contributed by atoms with van der Waals surface area (Å²) in [7, 11) is 0. The zero-order chi connectivity index (χ0) is 16.2. The Morgan fingerprint density at radius 3 is 2.77 bits per heavy atom. The maximum Gasteiger partial charge on any atom is 0.157 e. The van der Waals surface area contributed by atoms with Crippen LogP contribution in [-0.4, -0.2) is 30.7 Å². The van der Waals surface area contributed by atoms with Gasteiger partial charge in [-0.25, -0.2) is 0 Å². The van der Waals surface area contributed by atoms with E-state index in [-0.39, 0.29) is 6.29 Å². The molecule has 0 aliphatic carbocycles. The van der Waals surface area contributed by atoms with E-state index < -0.39 is 6.10 Å². The SMILES string of the molecule is C#CC(O)CCC(C)=CCCC(C)=CCOC1CCCCO1. The summed E-state index contributed by atoms with van der Waals surface area (Å²) in [6.45, 7) is 5.68. The molecule has 1 rings (SSSR count). The van der Waals surface area contributed by atoms with Crippen LogP contribution in [0, 0.1) is 12.3 Å². The number of aliphatic hydroxyl groups is 1. The molecule has 2 unspecified atom stereocenters. The lowest BCUT2D eigenvalue weighted by Gasteiger charge is -2.22. The molecular weight excluding hydrogens is 276 g/mol. The van der Waals surface area contributed by atoms with Crippen LogP contribution in [0.15, 0.2) is 23.3 Å². The molecule has 1 saturated heterocycles. The average molecular weight is 306 g/mol. The van der Waals surface area contributed by atoms with Crippen LogP contribution < -0.4 is 0 Å². The Hall–Kier alpha value is -1.08. The van der Waals surface area contributed by atoms with Crippen molar-refractivity contribution in [2.45, 2.75) is 71.2 Å². The fourth-order valence-electron chi connectivity index (χ4n) is 2.34. The van der Waals surface area contributed by atoms with E-state index in [4.69, 9.17) is 15.9 Å². The van der Waals surface area contributed by atoms with Crippen LogP contribution in [0.2, 0.25) is 0 Å². The van der Waals surface area contributed by atoms with Gasteiger partial charge in [0.2, 0.25) is 0 Å².